The maximum absolute atomic E-state index is 13.4. The molecule has 0 unspecified atom stereocenters. The Morgan fingerprint density at radius 1 is 0.964 bits per heavy atom. The number of pyridine rings is 1. The summed E-state index contributed by atoms with van der Waals surface area (Å²) in [6.45, 7) is 3.88. The molecular formula is C22H18FN5. The molecule has 0 atom stereocenters. The van der Waals surface area contributed by atoms with Crippen LogP contribution in [0.15, 0.2) is 59.9 Å². The lowest BCUT2D eigenvalue weighted by atomic mass is 9.96. The van der Waals surface area contributed by atoms with Gasteiger partial charge in [-0.15, -0.1) is 0 Å². The van der Waals surface area contributed by atoms with Gasteiger partial charge in [0.2, 0.25) is 0 Å². The number of hydrogen-bond donors (Lipinski definition) is 1. The third-order valence-corrected chi connectivity index (χ3v) is 4.52. The van der Waals surface area contributed by atoms with Crippen molar-refractivity contribution in [3.63, 3.8) is 0 Å². The quantitative estimate of drug-likeness (QED) is 0.508. The molecule has 138 valence electrons. The van der Waals surface area contributed by atoms with Crippen LogP contribution in [0.2, 0.25) is 0 Å². The van der Waals surface area contributed by atoms with E-state index in [0.717, 1.165) is 27.9 Å². The van der Waals surface area contributed by atoms with Gasteiger partial charge in [0.05, 0.1) is 11.4 Å². The van der Waals surface area contributed by atoms with Gasteiger partial charge in [0.25, 0.3) is 0 Å². The molecule has 0 saturated carbocycles. The van der Waals surface area contributed by atoms with Crippen molar-refractivity contribution < 1.29 is 4.39 Å². The highest BCUT2D eigenvalue weighted by Gasteiger charge is 2.18. The second-order valence-electron chi connectivity index (χ2n) is 6.37. The zero-order chi connectivity index (χ0) is 19.7. The number of fused-ring (bicyclic) bond motifs is 1. The number of benzene rings is 2. The molecule has 28 heavy (non-hydrogen) atoms. The van der Waals surface area contributed by atoms with E-state index in [4.69, 9.17) is 5.73 Å². The standard InChI is InChI=1S/C22H18FN5/c1-3-25-17-9-6-15(12-13(17)2)18-19(14-4-7-16(23)8-5-14)28-22(24)21-20(18)26-10-11-27-21/h3-12H,1-2H3,(H2,24,28). The molecule has 2 heterocycles. The van der Waals surface area contributed by atoms with Crippen molar-refractivity contribution in [2.75, 3.05) is 5.73 Å². The summed E-state index contributed by atoms with van der Waals surface area (Å²) in [5.41, 5.74) is 12.4. The summed E-state index contributed by atoms with van der Waals surface area (Å²) in [5, 5.41) is 0. The van der Waals surface area contributed by atoms with Gasteiger partial charge >= 0.3 is 0 Å². The van der Waals surface area contributed by atoms with Crippen molar-refractivity contribution >= 4 is 28.8 Å². The van der Waals surface area contributed by atoms with Crippen molar-refractivity contribution in [2.45, 2.75) is 13.8 Å². The number of nitrogen functional groups attached to an aromatic ring is 1. The Labute approximate surface area is 161 Å². The van der Waals surface area contributed by atoms with Crippen molar-refractivity contribution in [3.8, 4) is 22.4 Å². The molecule has 0 bridgehead atoms. The number of halogens is 1. The topological polar surface area (TPSA) is 77.0 Å². The third kappa shape index (κ3) is 3.09. The molecule has 0 fully saturated rings. The maximum atomic E-state index is 13.4. The molecule has 5 nitrogen and oxygen atoms in total. The second-order valence-corrected chi connectivity index (χ2v) is 6.37. The molecular weight excluding hydrogens is 353 g/mol. The smallest absolute Gasteiger partial charge is 0.152 e. The molecule has 4 aromatic rings. The van der Waals surface area contributed by atoms with E-state index in [0.29, 0.717) is 16.7 Å². The van der Waals surface area contributed by atoms with Gasteiger partial charge in [-0.3, -0.25) is 9.98 Å². The molecule has 0 aliphatic carbocycles. The van der Waals surface area contributed by atoms with Crippen molar-refractivity contribution in [3.05, 3.63) is 66.2 Å². The average molecular weight is 371 g/mol. The Bertz CT molecular complexity index is 1200. The van der Waals surface area contributed by atoms with Gasteiger partial charge < -0.3 is 5.73 Å². The van der Waals surface area contributed by atoms with Gasteiger partial charge in [0, 0.05) is 29.7 Å². The lowest BCUT2D eigenvalue weighted by Gasteiger charge is -2.14. The van der Waals surface area contributed by atoms with E-state index in [2.05, 4.69) is 19.9 Å². The molecule has 0 spiro atoms. The van der Waals surface area contributed by atoms with Gasteiger partial charge in [-0.1, -0.05) is 6.07 Å². The summed E-state index contributed by atoms with van der Waals surface area (Å²) >= 11 is 0. The van der Waals surface area contributed by atoms with Crippen LogP contribution in [0, 0.1) is 12.7 Å². The first-order valence-electron chi connectivity index (χ1n) is 8.84. The minimum absolute atomic E-state index is 0.287. The molecule has 2 aromatic heterocycles. The minimum atomic E-state index is -0.309. The SMILES string of the molecule is CC=Nc1ccc(-c2c(-c3ccc(F)cc3)nc(N)c3nccnc23)cc1C. The highest BCUT2D eigenvalue weighted by atomic mass is 19.1. The summed E-state index contributed by atoms with van der Waals surface area (Å²) in [6.07, 6.45) is 4.98. The fourth-order valence-electron chi connectivity index (χ4n) is 3.23. The van der Waals surface area contributed by atoms with Gasteiger partial charge in [-0.05, 0) is 61.4 Å². The van der Waals surface area contributed by atoms with Crippen LogP contribution < -0.4 is 5.73 Å². The summed E-state index contributed by atoms with van der Waals surface area (Å²) in [5.74, 6) is -0.0217. The van der Waals surface area contributed by atoms with Crippen LogP contribution in [0.3, 0.4) is 0 Å². The number of rotatable bonds is 3. The van der Waals surface area contributed by atoms with E-state index in [-0.39, 0.29) is 11.6 Å². The molecule has 0 aliphatic rings. The van der Waals surface area contributed by atoms with Crippen LogP contribution in [-0.2, 0) is 0 Å². The first-order valence-corrected chi connectivity index (χ1v) is 8.84. The predicted molar refractivity (Wildman–Crippen MR) is 111 cm³/mol. The fourth-order valence-corrected chi connectivity index (χ4v) is 3.23. The summed E-state index contributed by atoms with van der Waals surface area (Å²) < 4.78 is 13.4. The van der Waals surface area contributed by atoms with E-state index in [1.807, 2.05) is 32.0 Å². The van der Waals surface area contributed by atoms with Crippen LogP contribution in [0.5, 0.6) is 0 Å². The number of hydrogen-bond acceptors (Lipinski definition) is 5. The summed E-state index contributed by atoms with van der Waals surface area (Å²) in [6, 6.07) is 12.2. The molecule has 0 amide bonds. The van der Waals surface area contributed by atoms with Crippen LogP contribution >= 0.6 is 0 Å². The number of anilines is 1. The third-order valence-electron chi connectivity index (χ3n) is 4.52. The fraction of sp³-hybridized carbons (Fsp3) is 0.0909. The predicted octanol–water partition coefficient (Wildman–Crippen LogP) is 5.11. The van der Waals surface area contributed by atoms with Crippen molar-refractivity contribution in [1.82, 2.24) is 15.0 Å². The van der Waals surface area contributed by atoms with Crippen LogP contribution in [-0.4, -0.2) is 21.2 Å². The van der Waals surface area contributed by atoms with Crippen LogP contribution in [0.25, 0.3) is 33.4 Å². The second kappa shape index (κ2) is 7.15. The number of nitrogens with two attached hydrogens (primary N) is 1. The monoisotopic (exact) mass is 371 g/mol. The number of aromatic nitrogens is 3. The number of aliphatic imine (C=N–C) groups is 1. The Balaban J connectivity index is 2.05. The number of nitrogens with zero attached hydrogens (tertiary/aromatic N) is 4. The summed E-state index contributed by atoms with van der Waals surface area (Å²) in [7, 11) is 0. The molecule has 4 rings (SSSR count). The van der Waals surface area contributed by atoms with E-state index < -0.39 is 0 Å². The van der Waals surface area contributed by atoms with Crippen LogP contribution in [0.4, 0.5) is 15.9 Å². The normalized spacial score (nSPS) is 11.4. The van der Waals surface area contributed by atoms with Crippen molar-refractivity contribution in [2.24, 2.45) is 4.99 Å². The first kappa shape index (κ1) is 17.7. The molecule has 6 heteroatoms. The molecule has 2 aromatic carbocycles. The van der Waals surface area contributed by atoms with Crippen molar-refractivity contribution in [1.29, 1.82) is 0 Å². The Morgan fingerprint density at radius 3 is 2.32 bits per heavy atom. The lowest BCUT2D eigenvalue weighted by molar-refractivity contribution is 0.628. The van der Waals surface area contributed by atoms with Gasteiger partial charge in [-0.25, -0.2) is 14.4 Å². The van der Waals surface area contributed by atoms with E-state index in [9.17, 15) is 4.39 Å². The van der Waals surface area contributed by atoms with Gasteiger partial charge in [-0.2, -0.15) is 0 Å². The maximum Gasteiger partial charge on any atom is 0.152 e. The molecule has 0 radical (unpaired) electrons. The van der Waals surface area contributed by atoms with Gasteiger partial charge in [0.15, 0.2) is 5.82 Å². The Morgan fingerprint density at radius 2 is 1.64 bits per heavy atom. The van der Waals surface area contributed by atoms with E-state index in [1.54, 1.807) is 30.7 Å². The van der Waals surface area contributed by atoms with E-state index >= 15 is 0 Å². The highest BCUT2D eigenvalue weighted by molar-refractivity contribution is 6.02. The highest BCUT2D eigenvalue weighted by Crippen LogP contribution is 2.38. The Kier molecular flexibility index (Phi) is 4.53. The zero-order valence-electron chi connectivity index (χ0n) is 15.5. The molecule has 0 aliphatic heterocycles. The lowest BCUT2D eigenvalue weighted by Crippen LogP contribution is -2.01. The van der Waals surface area contributed by atoms with Crippen LogP contribution in [0.1, 0.15) is 12.5 Å². The Hall–Kier alpha value is -3.67. The minimum Gasteiger partial charge on any atom is -0.382 e. The summed E-state index contributed by atoms with van der Waals surface area (Å²) in [4.78, 5) is 17.8. The molecule has 0 saturated heterocycles. The largest absolute Gasteiger partial charge is 0.382 e. The average Bonchev–Trinajstić information content (AvgIpc) is 2.70. The number of aryl methyl sites for hydroxylation is 1. The first-order chi connectivity index (χ1) is 13.6. The zero-order valence-corrected chi connectivity index (χ0v) is 15.5. The molecule has 2 N–H and O–H groups in total. The van der Waals surface area contributed by atoms with E-state index in [1.165, 1.54) is 12.1 Å². The van der Waals surface area contributed by atoms with Gasteiger partial charge in [0.1, 0.15) is 16.9 Å².